The van der Waals surface area contributed by atoms with Crippen LogP contribution in [0.5, 0.6) is 5.75 Å². The molecule has 0 spiro atoms. The highest BCUT2D eigenvalue weighted by molar-refractivity contribution is 7.99. The van der Waals surface area contributed by atoms with Gasteiger partial charge in [0, 0.05) is 12.7 Å². The standard InChI is InChI=1S/C19H19FN4O2S/c1-3-26-14-10-8-13(9-11-14)21-17(25)12-27-19-23-22-18(24(19)2)15-6-4-5-7-16(15)20/h4-11H,3,12H2,1-2H3,(H,21,25). The number of halogens is 1. The maximum atomic E-state index is 13.9. The number of anilines is 1. The van der Waals surface area contributed by atoms with E-state index in [-0.39, 0.29) is 17.5 Å². The molecule has 140 valence electrons. The lowest BCUT2D eigenvalue weighted by atomic mass is 10.2. The van der Waals surface area contributed by atoms with Crippen LogP contribution in [0.25, 0.3) is 11.4 Å². The Morgan fingerprint density at radius 3 is 2.63 bits per heavy atom. The van der Waals surface area contributed by atoms with Crippen molar-refractivity contribution in [2.45, 2.75) is 12.1 Å². The Bertz CT molecular complexity index is 928. The number of rotatable bonds is 7. The molecule has 3 aromatic rings. The molecule has 0 unspecified atom stereocenters. The SMILES string of the molecule is CCOc1ccc(NC(=O)CSc2nnc(-c3ccccc3F)n2C)cc1. The molecule has 8 heteroatoms. The maximum Gasteiger partial charge on any atom is 0.234 e. The van der Waals surface area contributed by atoms with E-state index in [9.17, 15) is 9.18 Å². The monoisotopic (exact) mass is 386 g/mol. The summed E-state index contributed by atoms with van der Waals surface area (Å²) in [4.78, 5) is 12.2. The molecule has 1 N–H and O–H groups in total. The van der Waals surface area contributed by atoms with Crippen molar-refractivity contribution in [1.29, 1.82) is 0 Å². The Kier molecular flexibility index (Phi) is 6.08. The first-order chi connectivity index (χ1) is 13.1. The fourth-order valence-electron chi connectivity index (χ4n) is 2.45. The van der Waals surface area contributed by atoms with Crippen LogP contribution >= 0.6 is 11.8 Å². The average molecular weight is 386 g/mol. The summed E-state index contributed by atoms with van der Waals surface area (Å²) in [5.41, 5.74) is 1.06. The van der Waals surface area contributed by atoms with Crippen molar-refractivity contribution >= 4 is 23.4 Å². The minimum Gasteiger partial charge on any atom is -0.494 e. The number of amides is 1. The van der Waals surface area contributed by atoms with Crippen molar-refractivity contribution in [3.05, 3.63) is 54.3 Å². The first-order valence-corrected chi connectivity index (χ1v) is 9.37. The largest absolute Gasteiger partial charge is 0.494 e. The zero-order valence-corrected chi connectivity index (χ0v) is 15.8. The first kappa shape index (κ1) is 18.9. The Hall–Kier alpha value is -2.87. The molecule has 0 aliphatic rings. The minimum absolute atomic E-state index is 0.163. The second kappa shape index (κ2) is 8.68. The summed E-state index contributed by atoms with van der Waals surface area (Å²) < 4.78 is 21.0. The van der Waals surface area contributed by atoms with Crippen LogP contribution in [0.15, 0.2) is 53.7 Å². The van der Waals surface area contributed by atoms with Crippen molar-refractivity contribution in [2.24, 2.45) is 7.05 Å². The maximum absolute atomic E-state index is 13.9. The minimum atomic E-state index is -0.363. The highest BCUT2D eigenvalue weighted by Gasteiger charge is 2.15. The number of ether oxygens (including phenoxy) is 1. The summed E-state index contributed by atoms with van der Waals surface area (Å²) in [6.45, 7) is 2.51. The van der Waals surface area contributed by atoms with Crippen LogP contribution in [-0.2, 0) is 11.8 Å². The number of carbonyl (C=O) groups excluding carboxylic acids is 1. The highest BCUT2D eigenvalue weighted by Crippen LogP contribution is 2.24. The molecule has 1 amide bonds. The Labute approximate surface area is 160 Å². The van der Waals surface area contributed by atoms with E-state index in [4.69, 9.17) is 4.74 Å². The van der Waals surface area contributed by atoms with Gasteiger partial charge in [0.15, 0.2) is 11.0 Å². The van der Waals surface area contributed by atoms with Gasteiger partial charge in [0.2, 0.25) is 5.91 Å². The third kappa shape index (κ3) is 4.65. The van der Waals surface area contributed by atoms with Crippen LogP contribution in [-0.4, -0.2) is 33.0 Å². The lowest BCUT2D eigenvalue weighted by molar-refractivity contribution is -0.113. The van der Waals surface area contributed by atoms with Gasteiger partial charge in [-0.05, 0) is 43.3 Å². The van der Waals surface area contributed by atoms with Crippen molar-refractivity contribution in [3.63, 3.8) is 0 Å². The number of nitrogens with one attached hydrogen (secondary N) is 1. The highest BCUT2D eigenvalue weighted by atomic mass is 32.2. The third-order valence-corrected chi connectivity index (χ3v) is 4.75. The molecule has 0 saturated carbocycles. The van der Waals surface area contributed by atoms with E-state index in [1.807, 2.05) is 6.92 Å². The van der Waals surface area contributed by atoms with Gasteiger partial charge in [-0.25, -0.2) is 4.39 Å². The molecule has 1 aromatic heterocycles. The van der Waals surface area contributed by atoms with E-state index in [0.717, 1.165) is 5.75 Å². The van der Waals surface area contributed by atoms with Crippen LogP contribution in [0.1, 0.15) is 6.92 Å². The van der Waals surface area contributed by atoms with Gasteiger partial charge in [-0.15, -0.1) is 10.2 Å². The molecule has 6 nitrogen and oxygen atoms in total. The smallest absolute Gasteiger partial charge is 0.234 e. The van der Waals surface area contributed by atoms with Crippen LogP contribution in [0.2, 0.25) is 0 Å². The fraction of sp³-hybridized carbons (Fsp3) is 0.211. The van der Waals surface area contributed by atoms with E-state index >= 15 is 0 Å². The van der Waals surface area contributed by atoms with Gasteiger partial charge >= 0.3 is 0 Å². The van der Waals surface area contributed by atoms with Crippen molar-refractivity contribution in [1.82, 2.24) is 14.8 Å². The molecule has 0 aliphatic carbocycles. The summed E-state index contributed by atoms with van der Waals surface area (Å²) in [5, 5.41) is 11.5. The van der Waals surface area contributed by atoms with E-state index < -0.39 is 0 Å². The number of nitrogens with zero attached hydrogens (tertiary/aromatic N) is 3. The van der Waals surface area contributed by atoms with Crippen LogP contribution in [0.3, 0.4) is 0 Å². The van der Waals surface area contributed by atoms with Gasteiger partial charge in [-0.2, -0.15) is 0 Å². The summed E-state index contributed by atoms with van der Waals surface area (Å²) in [6.07, 6.45) is 0. The van der Waals surface area contributed by atoms with Gasteiger partial charge in [0.25, 0.3) is 0 Å². The average Bonchev–Trinajstić information content (AvgIpc) is 3.03. The summed E-state index contributed by atoms with van der Waals surface area (Å²) >= 11 is 1.24. The van der Waals surface area contributed by atoms with E-state index in [1.54, 1.807) is 54.1 Å². The van der Waals surface area contributed by atoms with Crippen LogP contribution in [0, 0.1) is 5.82 Å². The zero-order valence-electron chi connectivity index (χ0n) is 15.0. The van der Waals surface area contributed by atoms with Crippen molar-refractivity contribution < 1.29 is 13.9 Å². The topological polar surface area (TPSA) is 69.0 Å². The van der Waals surface area contributed by atoms with Gasteiger partial charge in [0.1, 0.15) is 11.6 Å². The molecule has 0 saturated heterocycles. The van der Waals surface area contributed by atoms with Gasteiger partial charge < -0.3 is 14.6 Å². The molecule has 2 aromatic carbocycles. The molecule has 27 heavy (non-hydrogen) atoms. The quantitative estimate of drug-likeness (QED) is 0.627. The predicted octanol–water partition coefficient (Wildman–Crippen LogP) is 3.75. The van der Waals surface area contributed by atoms with Gasteiger partial charge in [0.05, 0.1) is 17.9 Å². The molecule has 0 fully saturated rings. The first-order valence-electron chi connectivity index (χ1n) is 8.38. The van der Waals surface area contributed by atoms with Gasteiger partial charge in [-0.1, -0.05) is 23.9 Å². The lowest BCUT2D eigenvalue weighted by Crippen LogP contribution is -2.14. The van der Waals surface area contributed by atoms with E-state index in [0.29, 0.717) is 28.8 Å². The molecular formula is C19H19FN4O2S. The second-order valence-electron chi connectivity index (χ2n) is 5.64. The lowest BCUT2D eigenvalue weighted by Gasteiger charge is -2.07. The summed E-state index contributed by atoms with van der Waals surface area (Å²) in [7, 11) is 1.74. The van der Waals surface area contributed by atoms with Gasteiger partial charge in [-0.3, -0.25) is 4.79 Å². The zero-order chi connectivity index (χ0) is 19.2. The number of benzene rings is 2. The number of aromatic nitrogens is 3. The molecule has 0 aliphatic heterocycles. The molecule has 1 heterocycles. The van der Waals surface area contributed by atoms with Crippen LogP contribution in [0.4, 0.5) is 10.1 Å². The van der Waals surface area contributed by atoms with E-state index in [1.165, 1.54) is 17.8 Å². The Morgan fingerprint density at radius 1 is 1.19 bits per heavy atom. The molecule has 0 atom stereocenters. The number of carbonyl (C=O) groups is 1. The molecule has 0 bridgehead atoms. The third-order valence-electron chi connectivity index (χ3n) is 3.73. The fourth-order valence-corrected chi connectivity index (χ4v) is 3.16. The number of hydrogen-bond acceptors (Lipinski definition) is 5. The normalized spacial score (nSPS) is 10.6. The van der Waals surface area contributed by atoms with Crippen molar-refractivity contribution in [3.8, 4) is 17.1 Å². The van der Waals surface area contributed by atoms with E-state index in [2.05, 4.69) is 15.5 Å². The molecule has 0 radical (unpaired) electrons. The summed E-state index contributed by atoms with van der Waals surface area (Å²) in [6, 6.07) is 13.6. The molecular weight excluding hydrogens is 367 g/mol. The van der Waals surface area contributed by atoms with Crippen molar-refractivity contribution in [2.75, 3.05) is 17.7 Å². The Balaban J connectivity index is 1.60. The Morgan fingerprint density at radius 2 is 1.93 bits per heavy atom. The number of thioether (sulfide) groups is 1. The summed E-state index contributed by atoms with van der Waals surface area (Å²) in [5.74, 6) is 0.806. The second-order valence-corrected chi connectivity index (χ2v) is 6.58. The van der Waals surface area contributed by atoms with Crippen LogP contribution < -0.4 is 10.1 Å². The predicted molar refractivity (Wildman–Crippen MR) is 103 cm³/mol. The number of hydrogen-bond donors (Lipinski definition) is 1. The molecule has 3 rings (SSSR count).